The van der Waals surface area contributed by atoms with Crippen LogP contribution in [0.2, 0.25) is 0 Å². The molecule has 29 heavy (non-hydrogen) atoms. The maximum Gasteiger partial charge on any atom is 0.262 e. The van der Waals surface area contributed by atoms with Crippen molar-refractivity contribution in [3.63, 3.8) is 0 Å². The molecule has 0 spiro atoms. The van der Waals surface area contributed by atoms with Gasteiger partial charge in [0.05, 0.1) is 29.8 Å². The number of aromatic nitrogens is 2. The van der Waals surface area contributed by atoms with Gasteiger partial charge in [-0.25, -0.2) is 4.98 Å². The zero-order valence-corrected chi connectivity index (χ0v) is 19.2. The molecular weight excluding hydrogens is 474 g/mol. The fraction of sp³-hybridized carbons (Fsp3) is 0.250. The van der Waals surface area contributed by atoms with Gasteiger partial charge in [0.2, 0.25) is 5.91 Å². The van der Waals surface area contributed by atoms with Crippen molar-refractivity contribution in [2.45, 2.75) is 16.6 Å². The average Bonchev–Trinajstić information content (AvgIpc) is 2.72. The molecule has 0 saturated carbocycles. The number of amides is 1. The number of anilines is 1. The number of fused-ring (bicyclic) bond motifs is 1. The first-order chi connectivity index (χ1) is 14.0. The predicted molar refractivity (Wildman–Crippen MR) is 123 cm³/mol. The highest BCUT2D eigenvalue weighted by molar-refractivity contribution is 9.10. The molecule has 0 radical (unpaired) electrons. The monoisotopic (exact) mass is 493 g/mol. The van der Waals surface area contributed by atoms with Crippen molar-refractivity contribution < 1.29 is 9.53 Å². The van der Waals surface area contributed by atoms with Gasteiger partial charge in [-0.3, -0.25) is 14.2 Å². The molecule has 0 saturated heterocycles. The van der Waals surface area contributed by atoms with Gasteiger partial charge in [-0.2, -0.15) is 0 Å². The summed E-state index contributed by atoms with van der Waals surface area (Å²) in [4.78, 5) is 31.0. The van der Waals surface area contributed by atoms with Crippen LogP contribution in [-0.4, -0.2) is 41.2 Å². The molecule has 0 fully saturated rings. The molecule has 0 atom stereocenters. The standard InChI is InChI=1S/C20H20BrN3O3S2/c1-27-9-8-24-19(26)16-10-13(21)6-7-17(16)23-20(24)29-12-18(25)22-14-4-3-5-15(11-14)28-2/h3-7,10-11H,8-9,12H2,1-2H3,(H,22,25). The Balaban J connectivity index is 1.81. The summed E-state index contributed by atoms with van der Waals surface area (Å²) in [5.74, 6) is -0.0120. The largest absolute Gasteiger partial charge is 0.383 e. The topological polar surface area (TPSA) is 73.2 Å². The minimum Gasteiger partial charge on any atom is -0.383 e. The zero-order chi connectivity index (χ0) is 20.8. The van der Waals surface area contributed by atoms with Crippen molar-refractivity contribution in [3.05, 3.63) is 57.3 Å². The third-order valence-electron chi connectivity index (χ3n) is 4.09. The lowest BCUT2D eigenvalue weighted by Crippen LogP contribution is -2.26. The summed E-state index contributed by atoms with van der Waals surface area (Å²) in [5.41, 5.74) is 1.20. The number of methoxy groups -OCH3 is 1. The number of rotatable bonds is 8. The van der Waals surface area contributed by atoms with Gasteiger partial charge in [0.25, 0.3) is 5.56 Å². The molecule has 1 aromatic heterocycles. The molecule has 0 bridgehead atoms. The lowest BCUT2D eigenvalue weighted by molar-refractivity contribution is -0.113. The summed E-state index contributed by atoms with van der Waals surface area (Å²) in [6.07, 6.45) is 1.99. The van der Waals surface area contributed by atoms with Crippen LogP contribution in [0.1, 0.15) is 0 Å². The van der Waals surface area contributed by atoms with E-state index in [0.717, 1.165) is 15.1 Å². The first kappa shape index (κ1) is 21.9. The number of thioether (sulfide) groups is 2. The van der Waals surface area contributed by atoms with E-state index in [4.69, 9.17) is 4.74 Å². The molecule has 9 heteroatoms. The first-order valence-corrected chi connectivity index (χ1v) is 11.8. The number of carbonyl (C=O) groups is 1. The van der Waals surface area contributed by atoms with Gasteiger partial charge < -0.3 is 10.1 Å². The fourth-order valence-corrected chi connectivity index (χ4v) is 4.34. The van der Waals surface area contributed by atoms with Gasteiger partial charge in [0.1, 0.15) is 0 Å². The van der Waals surface area contributed by atoms with Crippen LogP contribution in [-0.2, 0) is 16.1 Å². The highest BCUT2D eigenvalue weighted by Gasteiger charge is 2.14. The smallest absolute Gasteiger partial charge is 0.262 e. The number of nitrogens with zero attached hydrogens (tertiary/aromatic N) is 2. The van der Waals surface area contributed by atoms with Crippen molar-refractivity contribution in [2.75, 3.05) is 31.0 Å². The summed E-state index contributed by atoms with van der Waals surface area (Å²) in [6.45, 7) is 0.743. The van der Waals surface area contributed by atoms with E-state index in [1.165, 1.54) is 11.8 Å². The van der Waals surface area contributed by atoms with E-state index in [9.17, 15) is 9.59 Å². The zero-order valence-electron chi connectivity index (χ0n) is 16.0. The van der Waals surface area contributed by atoms with Crippen molar-refractivity contribution in [1.82, 2.24) is 9.55 Å². The summed E-state index contributed by atoms with van der Waals surface area (Å²) < 4.78 is 7.51. The van der Waals surface area contributed by atoms with Crippen LogP contribution in [0, 0.1) is 0 Å². The van der Waals surface area contributed by atoms with Gasteiger partial charge in [0, 0.05) is 22.2 Å². The van der Waals surface area contributed by atoms with Crippen molar-refractivity contribution in [1.29, 1.82) is 0 Å². The maximum absolute atomic E-state index is 12.9. The molecule has 6 nitrogen and oxygen atoms in total. The second kappa shape index (κ2) is 10.3. The van der Waals surface area contributed by atoms with Gasteiger partial charge in [0.15, 0.2) is 5.16 Å². The van der Waals surface area contributed by atoms with Crippen molar-refractivity contribution in [2.24, 2.45) is 0 Å². The van der Waals surface area contributed by atoms with Crippen LogP contribution in [0.15, 0.2) is 61.8 Å². The van der Waals surface area contributed by atoms with Crippen LogP contribution < -0.4 is 10.9 Å². The van der Waals surface area contributed by atoms with E-state index in [1.54, 1.807) is 35.6 Å². The third kappa shape index (κ3) is 5.63. The van der Waals surface area contributed by atoms with Crippen LogP contribution in [0.4, 0.5) is 5.69 Å². The number of benzene rings is 2. The number of nitrogens with one attached hydrogen (secondary N) is 1. The SMILES string of the molecule is COCCn1c(SCC(=O)Nc2cccc(SC)c2)nc2ccc(Br)cc2c1=O. The Kier molecular flexibility index (Phi) is 7.77. The highest BCUT2D eigenvalue weighted by Crippen LogP contribution is 2.22. The molecule has 1 heterocycles. The van der Waals surface area contributed by atoms with E-state index in [2.05, 4.69) is 26.2 Å². The minimum atomic E-state index is -0.156. The molecule has 1 amide bonds. The van der Waals surface area contributed by atoms with Crippen LogP contribution >= 0.6 is 39.5 Å². The Bertz CT molecular complexity index is 1090. The average molecular weight is 494 g/mol. The van der Waals surface area contributed by atoms with E-state index in [0.29, 0.717) is 29.2 Å². The molecule has 1 N–H and O–H groups in total. The number of carbonyl (C=O) groups excluding carboxylic acids is 1. The van der Waals surface area contributed by atoms with Gasteiger partial charge >= 0.3 is 0 Å². The number of hydrogen-bond donors (Lipinski definition) is 1. The highest BCUT2D eigenvalue weighted by atomic mass is 79.9. The Hall–Kier alpha value is -1.81. The third-order valence-corrected chi connectivity index (χ3v) is 6.28. The normalized spacial score (nSPS) is 11.0. The van der Waals surface area contributed by atoms with E-state index in [-0.39, 0.29) is 17.2 Å². The second-order valence-electron chi connectivity index (χ2n) is 6.07. The minimum absolute atomic E-state index is 0.144. The van der Waals surface area contributed by atoms with Crippen molar-refractivity contribution in [3.8, 4) is 0 Å². The molecule has 2 aromatic carbocycles. The summed E-state index contributed by atoms with van der Waals surface area (Å²) in [6, 6.07) is 13.1. The fourth-order valence-electron chi connectivity index (χ4n) is 2.69. The van der Waals surface area contributed by atoms with E-state index in [1.807, 2.05) is 36.6 Å². The Morgan fingerprint density at radius 1 is 1.28 bits per heavy atom. The summed E-state index contributed by atoms with van der Waals surface area (Å²) in [5, 5.41) is 3.91. The number of ether oxygens (including phenoxy) is 1. The molecule has 0 aliphatic carbocycles. The molecule has 3 rings (SSSR count). The number of hydrogen-bond acceptors (Lipinski definition) is 6. The number of halogens is 1. The molecule has 0 aliphatic heterocycles. The van der Waals surface area contributed by atoms with Crippen molar-refractivity contribution >= 4 is 62.0 Å². The quantitative estimate of drug-likeness (QED) is 0.373. The van der Waals surface area contributed by atoms with Gasteiger partial charge in [-0.1, -0.05) is 33.8 Å². The van der Waals surface area contributed by atoms with Crippen LogP contribution in [0.3, 0.4) is 0 Å². The van der Waals surface area contributed by atoms with E-state index < -0.39 is 0 Å². The van der Waals surface area contributed by atoms with Crippen LogP contribution in [0.25, 0.3) is 10.9 Å². The molecule has 152 valence electrons. The lowest BCUT2D eigenvalue weighted by atomic mass is 10.2. The lowest BCUT2D eigenvalue weighted by Gasteiger charge is -2.13. The summed E-state index contributed by atoms with van der Waals surface area (Å²) >= 11 is 6.24. The van der Waals surface area contributed by atoms with Gasteiger partial charge in [-0.05, 0) is 42.7 Å². The maximum atomic E-state index is 12.9. The molecule has 0 unspecified atom stereocenters. The van der Waals surface area contributed by atoms with E-state index >= 15 is 0 Å². The summed E-state index contributed by atoms with van der Waals surface area (Å²) in [7, 11) is 1.58. The second-order valence-corrected chi connectivity index (χ2v) is 8.81. The van der Waals surface area contributed by atoms with Crippen LogP contribution in [0.5, 0.6) is 0 Å². The first-order valence-electron chi connectivity index (χ1n) is 8.77. The van der Waals surface area contributed by atoms with Gasteiger partial charge in [-0.15, -0.1) is 11.8 Å². The Morgan fingerprint density at radius 2 is 2.10 bits per heavy atom. The predicted octanol–water partition coefficient (Wildman–Crippen LogP) is 4.26. The molecular formula is C20H20BrN3O3S2. The Morgan fingerprint density at radius 3 is 2.86 bits per heavy atom. The Labute approximate surface area is 185 Å². The molecule has 0 aliphatic rings. The molecule has 3 aromatic rings.